The van der Waals surface area contributed by atoms with Crippen molar-refractivity contribution in [3.8, 4) is 16.2 Å². The largest absolute Gasteiger partial charge is 0.480 e. The molecule has 2 rings (SSSR count). The molecule has 0 saturated heterocycles. The number of aliphatic carboxylic acids is 1. The molecule has 1 N–H and O–H groups in total. The Bertz CT molecular complexity index is 730. The number of thiophene rings is 1. The van der Waals surface area contributed by atoms with Gasteiger partial charge in [0, 0.05) is 11.9 Å². The average Bonchev–Trinajstić information content (AvgIpc) is 3.02. The van der Waals surface area contributed by atoms with Crippen LogP contribution in [0, 0.1) is 0 Å². The fourth-order valence-electron chi connectivity index (χ4n) is 1.92. The minimum absolute atomic E-state index is 0.0524. The summed E-state index contributed by atoms with van der Waals surface area (Å²) in [5.74, 6) is -1.42. The molecule has 1 unspecified atom stereocenters. The monoisotopic (exact) mass is 355 g/mol. The van der Waals surface area contributed by atoms with Crippen LogP contribution < -0.4 is 4.74 Å². The maximum atomic E-state index is 12.3. The Morgan fingerprint density at radius 1 is 1.17 bits per heavy atom. The van der Waals surface area contributed by atoms with E-state index in [0.29, 0.717) is 4.88 Å². The number of carbonyl (C=O) groups is 2. The fourth-order valence-corrected chi connectivity index (χ4v) is 2.92. The van der Waals surface area contributed by atoms with Crippen LogP contribution >= 0.6 is 11.3 Å². The van der Waals surface area contributed by atoms with Crippen LogP contribution in [0.1, 0.15) is 16.6 Å². The van der Waals surface area contributed by atoms with Gasteiger partial charge in [0.2, 0.25) is 0 Å². The number of hydrogen-bond acceptors (Lipinski definition) is 4. The number of halogens is 2. The van der Waals surface area contributed by atoms with E-state index in [1.54, 1.807) is 24.3 Å². The Hall–Kier alpha value is -2.48. The Balaban J connectivity index is 2.15. The number of benzene rings is 1. The van der Waals surface area contributed by atoms with E-state index in [0.717, 1.165) is 15.3 Å². The molecule has 0 aliphatic heterocycles. The zero-order valence-corrected chi connectivity index (χ0v) is 13.7. The van der Waals surface area contributed by atoms with E-state index in [4.69, 9.17) is 5.11 Å². The van der Waals surface area contributed by atoms with Crippen LogP contribution in [0.15, 0.2) is 36.4 Å². The summed E-state index contributed by atoms with van der Waals surface area (Å²) >= 11 is 1.20. The van der Waals surface area contributed by atoms with E-state index in [9.17, 15) is 18.4 Å². The molecule has 0 fully saturated rings. The quantitative estimate of drug-likeness (QED) is 0.860. The summed E-state index contributed by atoms with van der Waals surface area (Å²) in [6, 6.07) is 8.46. The number of carboxylic acids is 1. The first-order chi connectivity index (χ1) is 11.3. The highest BCUT2D eigenvalue weighted by Crippen LogP contribution is 2.30. The molecule has 8 heteroatoms. The lowest BCUT2D eigenvalue weighted by Crippen LogP contribution is -2.39. The van der Waals surface area contributed by atoms with Gasteiger partial charge in [-0.3, -0.25) is 4.79 Å². The van der Waals surface area contributed by atoms with Crippen molar-refractivity contribution >= 4 is 23.2 Å². The van der Waals surface area contributed by atoms with Crippen molar-refractivity contribution < 1.29 is 28.2 Å². The first-order valence-electron chi connectivity index (χ1n) is 6.94. The summed E-state index contributed by atoms with van der Waals surface area (Å²) in [5.41, 5.74) is 0.745. The van der Waals surface area contributed by atoms with Crippen molar-refractivity contribution in [2.45, 2.75) is 19.6 Å². The van der Waals surface area contributed by atoms with Gasteiger partial charge in [-0.1, -0.05) is 0 Å². The summed E-state index contributed by atoms with van der Waals surface area (Å²) in [4.78, 5) is 25.5. The molecule has 5 nitrogen and oxygen atoms in total. The zero-order valence-electron chi connectivity index (χ0n) is 12.9. The molecule has 1 aromatic heterocycles. The maximum Gasteiger partial charge on any atom is 0.387 e. The molecule has 0 saturated carbocycles. The standard InChI is InChI=1S/C16H15F2NO4S/c1-9(15(21)22)19(2)14(20)13-8-7-12(24-13)10-3-5-11(6-4-10)23-16(17)18/h3-9,16H,1-2H3,(H,21,22). The molecule has 24 heavy (non-hydrogen) atoms. The topological polar surface area (TPSA) is 66.8 Å². The molecule has 1 aromatic carbocycles. The van der Waals surface area contributed by atoms with Crippen molar-refractivity contribution in [2.75, 3.05) is 7.05 Å². The van der Waals surface area contributed by atoms with Gasteiger partial charge in [0.1, 0.15) is 11.8 Å². The Labute approximate surface area is 141 Å². The van der Waals surface area contributed by atoms with E-state index < -0.39 is 18.6 Å². The molecular formula is C16H15F2NO4S. The summed E-state index contributed by atoms with van der Waals surface area (Å²) in [6.45, 7) is -1.45. The van der Waals surface area contributed by atoms with Gasteiger partial charge in [0.15, 0.2) is 0 Å². The first-order valence-corrected chi connectivity index (χ1v) is 7.76. The third-order valence-electron chi connectivity index (χ3n) is 3.44. The Morgan fingerprint density at radius 3 is 2.33 bits per heavy atom. The van der Waals surface area contributed by atoms with E-state index in [-0.39, 0.29) is 11.7 Å². The number of carboxylic acid groups (broad SMARTS) is 1. The number of rotatable bonds is 6. The van der Waals surface area contributed by atoms with Crippen molar-refractivity contribution in [1.29, 1.82) is 0 Å². The normalized spacial score (nSPS) is 12.0. The third-order valence-corrected chi connectivity index (χ3v) is 4.56. The van der Waals surface area contributed by atoms with Gasteiger partial charge in [-0.2, -0.15) is 8.78 Å². The number of carbonyl (C=O) groups excluding carboxylic acids is 1. The molecule has 1 amide bonds. The van der Waals surface area contributed by atoms with Gasteiger partial charge in [-0.25, -0.2) is 4.79 Å². The number of nitrogens with zero attached hydrogens (tertiary/aromatic N) is 1. The van der Waals surface area contributed by atoms with Gasteiger partial charge in [-0.05, 0) is 48.9 Å². The molecule has 128 valence electrons. The van der Waals surface area contributed by atoms with Crippen molar-refractivity contribution in [1.82, 2.24) is 4.90 Å². The molecule has 1 atom stereocenters. The summed E-state index contributed by atoms with van der Waals surface area (Å²) in [6.07, 6.45) is 0. The van der Waals surface area contributed by atoms with Crippen molar-refractivity contribution in [3.05, 3.63) is 41.3 Å². The second-order valence-corrected chi connectivity index (χ2v) is 6.08. The fraction of sp³-hybridized carbons (Fsp3) is 0.250. The second kappa shape index (κ2) is 7.39. The van der Waals surface area contributed by atoms with E-state index >= 15 is 0 Å². The van der Waals surface area contributed by atoms with Gasteiger partial charge >= 0.3 is 12.6 Å². The highest BCUT2D eigenvalue weighted by molar-refractivity contribution is 7.17. The molecular weight excluding hydrogens is 340 g/mol. The summed E-state index contributed by atoms with van der Waals surface area (Å²) < 4.78 is 28.5. The van der Waals surface area contributed by atoms with Crippen molar-refractivity contribution in [2.24, 2.45) is 0 Å². The summed E-state index contributed by atoms with van der Waals surface area (Å²) in [7, 11) is 1.43. The molecule has 2 aromatic rings. The predicted octanol–water partition coefficient (Wildman–Crippen LogP) is 3.56. The average molecular weight is 355 g/mol. The van der Waals surface area contributed by atoms with E-state index in [1.807, 2.05) is 0 Å². The van der Waals surface area contributed by atoms with Gasteiger partial charge in [-0.15, -0.1) is 11.3 Å². The van der Waals surface area contributed by atoms with Crippen LogP contribution in [-0.2, 0) is 4.79 Å². The lowest BCUT2D eigenvalue weighted by atomic mass is 10.2. The molecule has 1 heterocycles. The van der Waals surface area contributed by atoms with E-state index in [1.165, 1.54) is 37.4 Å². The van der Waals surface area contributed by atoms with Crippen LogP contribution in [0.4, 0.5) is 8.78 Å². The lowest BCUT2D eigenvalue weighted by Gasteiger charge is -2.20. The highest BCUT2D eigenvalue weighted by Gasteiger charge is 2.23. The number of ether oxygens (including phenoxy) is 1. The Kier molecular flexibility index (Phi) is 5.50. The zero-order chi connectivity index (χ0) is 17.9. The number of hydrogen-bond donors (Lipinski definition) is 1. The maximum absolute atomic E-state index is 12.3. The van der Waals surface area contributed by atoms with Crippen LogP contribution in [-0.4, -0.2) is 41.6 Å². The van der Waals surface area contributed by atoms with Gasteiger partial charge in [0.25, 0.3) is 5.91 Å². The molecule has 0 aliphatic carbocycles. The third kappa shape index (κ3) is 4.08. The minimum atomic E-state index is -2.88. The van der Waals surface area contributed by atoms with Crippen molar-refractivity contribution in [3.63, 3.8) is 0 Å². The number of alkyl halides is 2. The molecule has 0 bridgehead atoms. The predicted molar refractivity (Wildman–Crippen MR) is 85.6 cm³/mol. The summed E-state index contributed by atoms with van der Waals surface area (Å²) in [5, 5.41) is 8.96. The van der Waals surface area contributed by atoms with E-state index in [2.05, 4.69) is 4.74 Å². The van der Waals surface area contributed by atoms with Crippen LogP contribution in [0.3, 0.4) is 0 Å². The van der Waals surface area contributed by atoms with Crippen LogP contribution in [0.25, 0.3) is 10.4 Å². The van der Waals surface area contributed by atoms with Gasteiger partial charge < -0.3 is 14.7 Å². The Morgan fingerprint density at radius 2 is 1.79 bits per heavy atom. The van der Waals surface area contributed by atoms with Crippen LogP contribution in [0.5, 0.6) is 5.75 Å². The number of likely N-dealkylation sites (N-methyl/N-ethyl adjacent to an activating group) is 1. The lowest BCUT2D eigenvalue weighted by molar-refractivity contribution is -0.141. The highest BCUT2D eigenvalue weighted by atomic mass is 32.1. The molecule has 0 radical (unpaired) electrons. The molecule has 0 spiro atoms. The minimum Gasteiger partial charge on any atom is -0.480 e. The smallest absolute Gasteiger partial charge is 0.387 e. The second-order valence-electron chi connectivity index (χ2n) is 5.00. The molecule has 0 aliphatic rings. The number of amides is 1. The SMILES string of the molecule is CC(C(=O)O)N(C)C(=O)c1ccc(-c2ccc(OC(F)F)cc2)s1. The first kappa shape index (κ1) is 17.9. The van der Waals surface area contributed by atoms with Gasteiger partial charge in [0.05, 0.1) is 4.88 Å². The van der Waals surface area contributed by atoms with Crippen LogP contribution in [0.2, 0.25) is 0 Å².